The van der Waals surface area contributed by atoms with Crippen LogP contribution in [0, 0.1) is 0 Å². The minimum Gasteiger partial charge on any atom is -0.493 e. The van der Waals surface area contributed by atoms with E-state index in [4.69, 9.17) is 14.5 Å². The van der Waals surface area contributed by atoms with Crippen LogP contribution in [0.15, 0.2) is 84.0 Å². The monoisotopic (exact) mass is 461 g/mol. The normalized spacial score (nSPS) is 10.9. The number of hydrazone groups is 1. The third-order valence-corrected chi connectivity index (χ3v) is 5.16. The molecule has 0 atom stereocenters. The Morgan fingerprint density at radius 2 is 1.58 bits per heavy atom. The Bertz CT molecular complexity index is 1310. The van der Waals surface area contributed by atoms with E-state index in [-0.39, 0.29) is 18.3 Å². The molecule has 0 aliphatic carbocycles. The number of rotatable bonds is 6. The quantitative estimate of drug-likeness (QED) is 0.304. The molecule has 0 bridgehead atoms. The lowest BCUT2D eigenvalue weighted by atomic mass is 10.0. The second kappa shape index (κ2) is 10.6. The van der Waals surface area contributed by atoms with Gasteiger partial charge in [0.25, 0.3) is 5.91 Å². The Balaban J connectivity index is 0.00000306. The van der Waals surface area contributed by atoms with Crippen LogP contribution in [-0.4, -0.2) is 30.8 Å². The van der Waals surface area contributed by atoms with Crippen LogP contribution < -0.4 is 14.9 Å². The Kier molecular flexibility index (Phi) is 7.64. The van der Waals surface area contributed by atoms with Crippen molar-refractivity contribution in [3.63, 3.8) is 0 Å². The van der Waals surface area contributed by atoms with Gasteiger partial charge in [0.15, 0.2) is 11.5 Å². The number of benzene rings is 3. The molecule has 4 aromatic rings. The molecule has 7 heteroatoms. The Hall–Kier alpha value is -3.90. The number of halogens is 1. The summed E-state index contributed by atoms with van der Waals surface area (Å²) in [7, 11) is 3.16. The van der Waals surface area contributed by atoms with Gasteiger partial charge in [-0.25, -0.2) is 10.4 Å². The molecule has 4 rings (SSSR count). The van der Waals surface area contributed by atoms with Crippen LogP contribution in [0.5, 0.6) is 11.5 Å². The molecule has 0 aliphatic rings. The number of ether oxygens (including phenoxy) is 2. The molecule has 1 heterocycles. The van der Waals surface area contributed by atoms with E-state index < -0.39 is 0 Å². The molecule has 1 aromatic heterocycles. The van der Waals surface area contributed by atoms with Crippen molar-refractivity contribution in [2.75, 3.05) is 14.2 Å². The van der Waals surface area contributed by atoms with E-state index in [9.17, 15) is 4.79 Å². The summed E-state index contributed by atoms with van der Waals surface area (Å²) < 4.78 is 10.6. The fourth-order valence-corrected chi connectivity index (χ4v) is 3.44. The first-order chi connectivity index (χ1) is 15.6. The van der Waals surface area contributed by atoms with E-state index in [1.165, 1.54) is 0 Å². The Labute approximate surface area is 198 Å². The SMILES string of the molecule is COc1ccc(/C(C)=N/NC(=O)c2cc(-c3ccccc3)nc3ccccc23)cc1OC.Cl. The van der Waals surface area contributed by atoms with Crippen molar-refractivity contribution < 1.29 is 14.3 Å². The van der Waals surface area contributed by atoms with Crippen LogP contribution in [0.25, 0.3) is 22.2 Å². The summed E-state index contributed by atoms with van der Waals surface area (Å²) in [6.45, 7) is 1.82. The third kappa shape index (κ3) is 5.13. The van der Waals surface area contributed by atoms with Crippen molar-refractivity contribution in [2.45, 2.75) is 6.92 Å². The van der Waals surface area contributed by atoms with Gasteiger partial charge in [-0.2, -0.15) is 5.10 Å². The van der Waals surface area contributed by atoms with Gasteiger partial charge in [0.2, 0.25) is 0 Å². The third-order valence-electron chi connectivity index (χ3n) is 5.16. The first-order valence-corrected chi connectivity index (χ1v) is 10.1. The van der Waals surface area contributed by atoms with E-state index in [1.54, 1.807) is 26.4 Å². The van der Waals surface area contributed by atoms with Crippen LogP contribution in [0.2, 0.25) is 0 Å². The highest BCUT2D eigenvalue weighted by atomic mass is 35.5. The number of para-hydroxylation sites is 1. The van der Waals surface area contributed by atoms with Gasteiger partial charge in [0.1, 0.15) is 0 Å². The average molecular weight is 462 g/mol. The number of aromatic nitrogens is 1. The predicted molar refractivity (Wildman–Crippen MR) is 134 cm³/mol. The Morgan fingerprint density at radius 3 is 2.30 bits per heavy atom. The molecular weight excluding hydrogens is 438 g/mol. The van der Waals surface area contributed by atoms with Crippen molar-refractivity contribution in [1.82, 2.24) is 10.4 Å². The second-order valence-corrected chi connectivity index (χ2v) is 7.15. The van der Waals surface area contributed by atoms with Gasteiger partial charge in [-0.3, -0.25) is 4.79 Å². The smallest absolute Gasteiger partial charge is 0.272 e. The molecule has 168 valence electrons. The summed E-state index contributed by atoms with van der Waals surface area (Å²) >= 11 is 0. The van der Waals surface area contributed by atoms with Gasteiger partial charge in [-0.05, 0) is 37.3 Å². The minimum atomic E-state index is -0.305. The van der Waals surface area contributed by atoms with E-state index in [0.717, 1.165) is 27.7 Å². The zero-order valence-corrected chi connectivity index (χ0v) is 19.3. The number of hydrogen-bond acceptors (Lipinski definition) is 5. The van der Waals surface area contributed by atoms with Crippen molar-refractivity contribution in [3.8, 4) is 22.8 Å². The molecule has 0 saturated heterocycles. The van der Waals surface area contributed by atoms with Crippen LogP contribution in [-0.2, 0) is 0 Å². The second-order valence-electron chi connectivity index (χ2n) is 7.15. The highest BCUT2D eigenvalue weighted by Crippen LogP contribution is 2.28. The number of fused-ring (bicyclic) bond motifs is 1. The van der Waals surface area contributed by atoms with Crippen LogP contribution in [0.1, 0.15) is 22.8 Å². The highest BCUT2D eigenvalue weighted by molar-refractivity contribution is 6.08. The first kappa shape index (κ1) is 23.8. The number of nitrogens with one attached hydrogen (secondary N) is 1. The van der Waals surface area contributed by atoms with Gasteiger partial charge in [0.05, 0.1) is 36.7 Å². The zero-order valence-electron chi connectivity index (χ0n) is 18.5. The number of methoxy groups -OCH3 is 2. The van der Waals surface area contributed by atoms with Gasteiger partial charge < -0.3 is 9.47 Å². The molecule has 1 amide bonds. The van der Waals surface area contributed by atoms with Crippen LogP contribution in [0.3, 0.4) is 0 Å². The van der Waals surface area contributed by atoms with Crippen molar-refractivity contribution in [3.05, 3.63) is 90.0 Å². The fraction of sp³-hybridized carbons (Fsp3) is 0.115. The summed E-state index contributed by atoms with van der Waals surface area (Å²) in [4.78, 5) is 17.8. The summed E-state index contributed by atoms with van der Waals surface area (Å²) in [6, 6.07) is 24.7. The summed E-state index contributed by atoms with van der Waals surface area (Å²) in [5, 5.41) is 5.08. The molecule has 0 saturated carbocycles. The lowest BCUT2D eigenvalue weighted by molar-refractivity contribution is 0.0956. The van der Waals surface area contributed by atoms with Gasteiger partial charge in [-0.15, -0.1) is 12.4 Å². The Morgan fingerprint density at radius 1 is 0.879 bits per heavy atom. The van der Waals surface area contributed by atoms with E-state index in [1.807, 2.05) is 73.7 Å². The standard InChI is InChI=1S/C26H23N3O3.ClH/c1-17(19-13-14-24(31-2)25(15-19)32-3)28-29-26(30)21-16-23(18-9-5-4-6-10-18)27-22-12-8-7-11-20(21)22;/h4-16H,1-3H3,(H,29,30);1H/b28-17+;. The number of hydrogen-bond donors (Lipinski definition) is 1. The van der Waals surface area contributed by atoms with Crippen LogP contribution in [0.4, 0.5) is 0 Å². The van der Waals surface area contributed by atoms with Gasteiger partial charge in [0, 0.05) is 16.5 Å². The lowest BCUT2D eigenvalue weighted by Gasteiger charge is -2.11. The average Bonchev–Trinajstić information content (AvgIpc) is 2.86. The van der Waals surface area contributed by atoms with E-state index >= 15 is 0 Å². The predicted octanol–water partition coefficient (Wildman–Crippen LogP) is 5.49. The number of carbonyl (C=O) groups is 1. The maximum atomic E-state index is 13.1. The summed E-state index contributed by atoms with van der Waals surface area (Å²) in [5.41, 5.74) is 7.07. The number of nitrogens with zero attached hydrogens (tertiary/aromatic N) is 2. The van der Waals surface area contributed by atoms with E-state index in [0.29, 0.717) is 22.8 Å². The number of amides is 1. The van der Waals surface area contributed by atoms with Crippen molar-refractivity contribution in [2.24, 2.45) is 5.10 Å². The number of pyridine rings is 1. The van der Waals surface area contributed by atoms with Crippen LogP contribution >= 0.6 is 12.4 Å². The largest absolute Gasteiger partial charge is 0.493 e. The molecule has 0 unspecified atom stereocenters. The number of carbonyl (C=O) groups excluding carboxylic acids is 1. The summed E-state index contributed by atoms with van der Waals surface area (Å²) in [5.74, 6) is 0.920. The fourth-order valence-electron chi connectivity index (χ4n) is 3.44. The van der Waals surface area contributed by atoms with E-state index in [2.05, 4.69) is 10.5 Å². The maximum Gasteiger partial charge on any atom is 0.272 e. The molecule has 0 spiro atoms. The van der Waals surface area contributed by atoms with Crippen molar-refractivity contribution in [1.29, 1.82) is 0 Å². The topological polar surface area (TPSA) is 72.8 Å². The molecule has 3 aromatic carbocycles. The lowest BCUT2D eigenvalue weighted by Crippen LogP contribution is -2.20. The molecule has 0 aliphatic heterocycles. The molecular formula is C26H24ClN3O3. The molecule has 0 radical (unpaired) electrons. The maximum absolute atomic E-state index is 13.1. The highest BCUT2D eigenvalue weighted by Gasteiger charge is 2.14. The van der Waals surface area contributed by atoms with Gasteiger partial charge >= 0.3 is 0 Å². The minimum absolute atomic E-state index is 0. The first-order valence-electron chi connectivity index (χ1n) is 10.1. The molecule has 6 nitrogen and oxygen atoms in total. The molecule has 33 heavy (non-hydrogen) atoms. The zero-order chi connectivity index (χ0) is 22.5. The molecule has 0 fully saturated rings. The molecule has 1 N–H and O–H groups in total. The summed E-state index contributed by atoms with van der Waals surface area (Å²) in [6.07, 6.45) is 0. The van der Waals surface area contributed by atoms with Crippen molar-refractivity contribution >= 4 is 34.9 Å². The van der Waals surface area contributed by atoms with Gasteiger partial charge in [-0.1, -0.05) is 48.5 Å².